The average molecular weight is 461 g/mol. The van der Waals surface area contributed by atoms with Crippen molar-refractivity contribution >= 4 is 17.4 Å². The van der Waals surface area contributed by atoms with E-state index in [1.165, 1.54) is 0 Å². The van der Waals surface area contributed by atoms with Gasteiger partial charge in [-0.05, 0) is 38.2 Å². The maximum Gasteiger partial charge on any atom is 0.256 e. The predicted octanol–water partition coefficient (Wildman–Crippen LogP) is 2.70. The summed E-state index contributed by atoms with van der Waals surface area (Å²) in [5.41, 5.74) is 1.14. The first-order chi connectivity index (χ1) is 16.0. The summed E-state index contributed by atoms with van der Waals surface area (Å²) in [5.74, 6) is 0.808. The minimum Gasteiger partial charge on any atom is -0.493 e. The van der Waals surface area contributed by atoms with Gasteiger partial charge in [0.25, 0.3) is 5.91 Å². The van der Waals surface area contributed by atoms with E-state index in [2.05, 4.69) is 0 Å². The lowest BCUT2D eigenvalue weighted by Crippen LogP contribution is -2.50. The number of fused-ring (bicyclic) bond motifs is 2. The number of ether oxygens (including phenoxy) is 5. The molecule has 4 aliphatic rings. The molecule has 0 spiro atoms. The van der Waals surface area contributed by atoms with E-state index in [1.807, 2.05) is 18.0 Å². The van der Waals surface area contributed by atoms with Crippen LogP contribution >= 0.6 is 0 Å². The smallest absolute Gasteiger partial charge is 0.256 e. The number of nitrogens with zero attached hydrogens (tertiary/aromatic N) is 2. The molecule has 4 atom stereocenters. The molecule has 9 nitrogen and oxygen atoms in total. The number of anilines is 1. The summed E-state index contributed by atoms with van der Waals surface area (Å²) in [7, 11) is 3.44. The Balaban J connectivity index is 1.51. The molecule has 0 aromatic heterocycles. The van der Waals surface area contributed by atoms with Gasteiger partial charge in [0.15, 0.2) is 36.1 Å². The molecule has 0 saturated carbocycles. The van der Waals surface area contributed by atoms with Crippen molar-refractivity contribution in [3.05, 3.63) is 17.7 Å². The van der Waals surface area contributed by atoms with Gasteiger partial charge >= 0.3 is 0 Å². The topological polar surface area (TPSA) is 86.8 Å². The molecule has 4 heterocycles. The van der Waals surface area contributed by atoms with Gasteiger partial charge in [-0.15, -0.1) is 0 Å². The zero-order valence-corrected chi connectivity index (χ0v) is 19.3. The number of ketones is 1. The molecule has 1 aromatic rings. The number of methoxy groups -OCH3 is 1. The van der Waals surface area contributed by atoms with Crippen LogP contribution < -0.4 is 14.4 Å². The summed E-state index contributed by atoms with van der Waals surface area (Å²) in [5, 5.41) is 0. The maximum atomic E-state index is 13.6. The lowest BCUT2D eigenvalue weighted by Gasteiger charge is -2.37. The fourth-order valence-electron chi connectivity index (χ4n) is 5.11. The molecule has 1 amide bonds. The number of hydrogen-bond acceptors (Lipinski definition) is 8. The van der Waals surface area contributed by atoms with Crippen molar-refractivity contribution in [3.63, 3.8) is 0 Å². The average Bonchev–Trinajstić information content (AvgIpc) is 3.21. The van der Waals surface area contributed by atoms with Crippen LogP contribution in [0.15, 0.2) is 12.1 Å². The van der Waals surface area contributed by atoms with E-state index in [4.69, 9.17) is 23.7 Å². The third-order valence-corrected chi connectivity index (χ3v) is 6.87. The molecule has 3 saturated heterocycles. The van der Waals surface area contributed by atoms with E-state index < -0.39 is 6.23 Å². The SMILES string of the molecule is COc1cc2c(cc1OC1CCCCO1)N(C)[C@@H](OC1CCCCO1)[C@@H]1CC(=O)CN1C2=O. The van der Waals surface area contributed by atoms with Crippen molar-refractivity contribution in [2.75, 3.05) is 38.8 Å². The molecule has 1 aromatic carbocycles. The van der Waals surface area contributed by atoms with Crippen LogP contribution in [0.1, 0.15) is 55.3 Å². The summed E-state index contributed by atoms with van der Waals surface area (Å²) in [6.45, 7) is 1.40. The number of rotatable bonds is 5. The molecule has 180 valence electrons. The van der Waals surface area contributed by atoms with Crippen LogP contribution in [-0.4, -0.2) is 75.4 Å². The normalized spacial score (nSPS) is 30.0. The molecule has 9 heteroatoms. The second-order valence-electron chi connectivity index (χ2n) is 9.11. The monoisotopic (exact) mass is 460 g/mol. The van der Waals surface area contributed by atoms with Crippen molar-refractivity contribution in [1.82, 2.24) is 4.90 Å². The summed E-state index contributed by atoms with van der Waals surface area (Å²) in [6, 6.07) is 3.14. The quantitative estimate of drug-likeness (QED) is 0.663. The van der Waals surface area contributed by atoms with E-state index in [9.17, 15) is 9.59 Å². The van der Waals surface area contributed by atoms with Crippen LogP contribution in [0.2, 0.25) is 0 Å². The van der Waals surface area contributed by atoms with Gasteiger partial charge in [0.05, 0.1) is 37.6 Å². The van der Waals surface area contributed by atoms with Crippen molar-refractivity contribution in [3.8, 4) is 11.5 Å². The summed E-state index contributed by atoms with van der Waals surface area (Å²) in [4.78, 5) is 29.5. The first-order valence-corrected chi connectivity index (χ1v) is 11.9. The molecule has 4 aliphatic heterocycles. The molecular formula is C24H32N2O7. The highest BCUT2D eigenvalue weighted by molar-refractivity contribution is 6.04. The Labute approximate surface area is 193 Å². The highest BCUT2D eigenvalue weighted by Crippen LogP contribution is 2.41. The lowest BCUT2D eigenvalue weighted by atomic mass is 10.1. The zero-order valence-electron chi connectivity index (χ0n) is 19.3. The fraction of sp³-hybridized carbons (Fsp3) is 0.667. The molecule has 33 heavy (non-hydrogen) atoms. The van der Waals surface area contributed by atoms with Crippen molar-refractivity contribution in [2.24, 2.45) is 0 Å². The summed E-state index contributed by atoms with van der Waals surface area (Å²) >= 11 is 0. The predicted molar refractivity (Wildman–Crippen MR) is 119 cm³/mol. The fourth-order valence-corrected chi connectivity index (χ4v) is 5.11. The van der Waals surface area contributed by atoms with E-state index in [-0.39, 0.29) is 43.3 Å². The van der Waals surface area contributed by atoms with Gasteiger partial charge in [0, 0.05) is 32.6 Å². The number of likely N-dealkylation sites (N-methyl/N-ethyl adjacent to an activating group) is 1. The van der Waals surface area contributed by atoms with Gasteiger partial charge in [-0.25, -0.2) is 0 Å². The number of carbonyl (C=O) groups excluding carboxylic acids is 2. The largest absolute Gasteiger partial charge is 0.493 e. The Hall–Kier alpha value is -2.36. The van der Waals surface area contributed by atoms with E-state index in [0.29, 0.717) is 36.0 Å². The van der Waals surface area contributed by atoms with Gasteiger partial charge < -0.3 is 33.5 Å². The van der Waals surface area contributed by atoms with E-state index in [0.717, 1.165) is 38.5 Å². The van der Waals surface area contributed by atoms with Gasteiger partial charge in [-0.3, -0.25) is 9.59 Å². The number of Topliss-reactive ketones (excluding diaryl/α,β-unsaturated/α-hetero) is 1. The highest BCUT2D eigenvalue weighted by Gasteiger charge is 2.46. The van der Waals surface area contributed by atoms with E-state index >= 15 is 0 Å². The Bertz CT molecular complexity index is 895. The Morgan fingerprint density at radius 1 is 0.970 bits per heavy atom. The minimum absolute atomic E-state index is 0.0322. The Morgan fingerprint density at radius 2 is 1.70 bits per heavy atom. The van der Waals surface area contributed by atoms with Crippen LogP contribution in [0.25, 0.3) is 0 Å². The third-order valence-electron chi connectivity index (χ3n) is 6.87. The van der Waals surface area contributed by atoms with Gasteiger partial charge in [0.1, 0.15) is 0 Å². The number of carbonyl (C=O) groups is 2. The van der Waals surface area contributed by atoms with Crippen LogP contribution in [0.5, 0.6) is 11.5 Å². The highest BCUT2D eigenvalue weighted by atomic mass is 16.7. The molecule has 0 aliphatic carbocycles. The van der Waals surface area contributed by atoms with Gasteiger partial charge in [-0.2, -0.15) is 0 Å². The maximum absolute atomic E-state index is 13.6. The molecular weight excluding hydrogens is 428 g/mol. The van der Waals surface area contributed by atoms with Crippen LogP contribution in [0.3, 0.4) is 0 Å². The van der Waals surface area contributed by atoms with Crippen LogP contribution in [0.4, 0.5) is 5.69 Å². The van der Waals surface area contributed by atoms with Gasteiger partial charge in [0.2, 0.25) is 0 Å². The Kier molecular flexibility index (Phi) is 6.44. The first kappa shape index (κ1) is 22.4. The third kappa shape index (κ3) is 4.41. The lowest BCUT2D eigenvalue weighted by molar-refractivity contribution is -0.196. The molecule has 0 bridgehead atoms. The molecule has 3 fully saturated rings. The van der Waals surface area contributed by atoms with Crippen molar-refractivity contribution in [1.29, 1.82) is 0 Å². The van der Waals surface area contributed by atoms with Gasteiger partial charge in [-0.1, -0.05) is 0 Å². The summed E-state index contributed by atoms with van der Waals surface area (Å²) in [6.07, 6.45) is 4.74. The van der Waals surface area contributed by atoms with Crippen LogP contribution in [0, 0.1) is 0 Å². The summed E-state index contributed by atoms with van der Waals surface area (Å²) < 4.78 is 29.7. The second kappa shape index (κ2) is 9.48. The number of amides is 1. The molecule has 0 radical (unpaired) electrons. The first-order valence-electron chi connectivity index (χ1n) is 11.9. The standard InChI is InChI=1S/C24H32N2O7/c1-25-17-13-20(32-21-7-3-5-9-30-21)19(29-2)12-16(17)23(28)26-14-15(27)11-18(26)24(25)33-22-8-4-6-10-31-22/h12-13,18,21-22,24H,3-11,14H2,1-2H3/t18-,21?,22?,24-/m0/s1. The Morgan fingerprint density at radius 3 is 2.36 bits per heavy atom. The molecule has 5 rings (SSSR count). The minimum atomic E-state index is -0.517. The second-order valence-corrected chi connectivity index (χ2v) is 9.11. The molecule has 0 N–H and O–H groups in total. The van der Waals surface area contributed by atoms with Crippen molar-refractivity contribution < 1.29 is 33.3 Å². The number of hydrogen-bond donors (Lipinski definition) is 0. The number of benzene rings is 1. The van der Waals surface area contributed by atoms with Crippen molar-refractivity contribution in [2.45, 2.75) is 69.8 Å². The van der Waals surface area contributed by atoms with E-state index in [1.54, 1.807) is 18.1 Å². The van der Waals surface area contributed by atoms with Crippen LogP contribution in [-0.2, 0) is 19.0 Å². The zero-order chi connectivity index (χ0) is 22.9. The molecule has 2 unspecified atom stereocenters.